The highest BCUT2D eigenvalue weighted by Gasteiger charge is 2.41. The maximum atomic E-state index is 5.40. The molecule has 1 aliphatic carbocycles. The van der Waals surface area contributed by atoms with Crippen molar-refractivity contribution in [1.82, 2.24) is 15.5 Å². The van der Waals surface area contributed by atoms with Crippen molar-refractivity contribution < 1.29 is 4.52 Å². The van der Waals surface area contributed by atoms with E-state index in [1.165, 1.54) is 6.42 Å². The van der Waals surface area contributed by atoms with Crippen LogP contribution in [0.15, 0.2) is 4.52 Å². The smallest absolute Gasteiger partial charge is 0.230 e. The maximum Gasteiger partial charge on any atom is 0.230 e. The van der Waals surface area contributed by atoms with Gasteiger partial charge >= 0.3 is 0 Å². The fourth-order valence-electron chi connectivity index (χ4n) is 2.50. The van der Waals surface area contributed by atoms with E-state index in [4.69, 9.17) is 4.52 Å². The molecule has 1 aromatic heterocycles. The molecule has 1 aromatic rings. The molecule has 1 saturated carbocycles. The number of nitrogens with zero attached hydrogens (tertiary/aromatic N) is 2. The summed E-state index contributed by atoms with van der Waals surface area (Å²) in [7, 11) is 0. The van der Waals surface area contributed by atoms with Gasteiger partial charge in [0.05, 0.1) is 0 Å². The minimum absolute atomic E-state index is 0. The SMILES string of the molecule is C[C@H]1CC1c1nc(C2(C)CCNCC2)no1.Cl. The Morgan fingerprint density at radius 3 is 2.59 bits per heavy atom. The van der Waals surface area contributed by atoms with E-state index in [9.17, 15) is 0 Å². The van der Waals surface area contributed by atoms with Crippen LogP contribution in [0.1, 0.15) is 50.7 Å². The van der Waals surface area contributed by atoms with Gasteiger partial charge in [-0.3, -0.25) is 0 Å². The van der Waals surface area contributed by atoms with Gasteiger partial charge in [-0.15, -0.1) is 12.4 Å². The number of aromatic nitrogens is 2. The van der Waals surface area contributed by atoms with E-state index in [0.717, 1.165) is 43.6 Å². The van der Waals surface area contributed by atoms with Crippen molar-refractivity contribution >= 4 is 12.4 Å². The Labute approximate surface area is 108 Å². The summed E-state index contributed by atoms with van der Waals surface area (Å²) in [6, 6.07) is 0. The first-order chi connectivity index (χ1) is 7.69. The number of nitrogens with one attached hydrogen (secondary N) is 1. The van der Waals surface area contributed by atoms with Crippen molar-refractivity contribution in [2.24, 2.45) is 5.92 Å². The van der Waals surface area contributed by atoms with Crippen LogP contribution < -0.4 is 5.32 Å². The van der Waals surface area contributed by atoms with Crippen LogP contribution in [0.4, 0.5) is 0 Å². The van der Waals surface area contributed by atoms with Gasteiger partial charge in [0, 0.05) is 11.3 Å². The molecule has 2 heterocycles. The topological polar surface area (TPSA) is 51.0 Å². The lowest BCUT2D eigenvalue weighted by molar-refractivity contribution is 0.299. The number of rotatable bonds is 2. The third kappa shape index (κ3) is 2.33. The molecule has 1 saturated heterocycles. The minimum atomic E-state index is 0. The average Bonchev–Trinajstić information content (AvgIpc) is 2.82. The molecule has 2 fully saturated rings. The molecule has 0 spiro atoms. The van der Waals surface area contributed by atoms with Gasteiger partial charge in [-0.25, -0.2) is 0 Å². The third-order valence-electron chi connectivity index (χ3n) is 4.12. The average molecular weight is 258 g/mol. The van der Waals surface area contributed by atoms with Crippen LogP contribution in [-0.2, 0) is 5.41 Å². The largest absolute Gasteiger partial charge is 0.339 e. The Morgan fingerprint density at radius 2 is 2.00 bits per heavy atom. The van der Waals surface area contributed by atoms with E-state index >= 15 is 0 Å². The van der Waals surface area contributed by atoms with Gasteiger partial charge in [0.15, 0.2) is 5.82 Å². The molecular formula is C12H20ClN3O. The van der Waals surface area contributed by atoms with E-state index in [1.807, 2.05) is 0 Å². The predicted molar refractivity (Wildman–Crippen MR) is 67.5 cm³/mol. The van der Waals surface area contributed by atoms with Gasteiger partial charge in [0.1, 0.15) is 0 Å². The molecule has 4 nitrogen and oxygen atoms in total. The predicted octanol–water partition coefficient (Wildman–Crippen LogP) is 2.26. The van der Waals surface area contributed by atoms with E-state index in [2.05, 4.69) is 29.3 Å². The summed E-state index contributed by atoms with van der Waals surface area (Å²) < 4.78 is 5.40. The van der Waals surface area contributed by atoms with Gasteiger partial charge in [0.25, 0.3) is 0 Å². The van der Waals surface area contributed by atoms with Crippen molar-refractivity contribution in [2.45, 2.75) is 44.4 Å². The van der Waals surface area contributed by atoms with E-state index in [1.54, 1.807) is 0 Å². The van der Waals surface area contributed by atoms with E-state index in [0.29, 0.717) is 5.92 Å². The number of hydrogen-bond donors (Lipinski definition) is 1. The molecule has 1 aliphatic heterocycles. The Kier molecular flexibility index (Phi) is 3.46. The van der Waals surface area contributed by atoms with Crippen molar-refractivity contribution in [1.29, 1.82) is 0 Å². The molecule has 96 valence electrons. The second-order valence-corrected chi connectivity index (χ2v) is 5.59. The molecule has 2 atom stereocenters. The van der Waals surface area contributed by atoms with Gasteiger partial charge in [-0.2, -0.15) is 4.98 Å². The Balaban J connectivity index is 0.00000108. The molecular weight excluding hydrogens is 238 g/mol. The molecule has 2 aliphatic rings. The number of hydrogen-bond acceptors (Lipinski definition) is 4. The molecule has 0 bridgehead atoms. The first-order valence-electron chi connectivity index (χ1n) is 6.24. The molecule has 0 aromatic carbocycles. The van der Waals surface area contributed by atoms with Crippen LogP contribution in [0.3, 0.4) is 0 Å². The van der Waals surface area contributed by atoms with Crippen molar-refractivity contribution in [3.05, 3.63) is 11.7 Å². The fourth-order valence-corrected chi connectivity index (χ4v) is 2.50. The van der Waals surface area contributed by atoms with Crippen LogP contribution in [0.25, 0.3) is 0 Å². The third-order valence-corrected chi connectivity index (χ3v) is 4.12. The van der Waals surface area contributed by atoms with Crippen molar-refractivity contribution in [2.75, 3.05) is 13.1 Å². The quantitative estimate of drug-likeness (QED) is 0.883. The Bertz CT molecular complexity index is 387. The Hall–Kier alpha value is -0.610. The second-order valence-electron chi connectivity index (χ2n) is 5.59. The van der Waals surface area contributed by atoms with Crippen LogP contribution in [0.2, 0.25) is 0 Å². The molecule has 17 heavy (non-hydrogen) atoms. The molecule has 0 radical (unpaired) electrons. The van der Waals surface area contributed by atoms with Gasteiger partial charge in [-0.1, -0.05) is 19.0 Å². The summed E-state index contributed by atoms with van der Waals surface area (Å²) in [6.45, 7) is 6.60. The minimum Gasteiger partial charge on any atom is -0.339 e. The second kappa shape index (κ2) is 4.58. The molecule has 1 N–H and O–H groups in total. The number of halogens is 1. The lowest BCUT2D eigenvalue weighted by Crippen LogP contribution is -2.38. The molecule has 1 unspecified atom stereocenters. The standard InChI is InChI=1S/C12H19N3O.ClH/c1-8-7-9(8)10-14-11(15-16-10)12(2)3-5-13-6-4-12;/h8-9,13H,3-7H2,1-2H3;1H/t8-,9?;/m0./s1. The first-order valence-corrected chi connectivity index (χ1v) is 6.24. The monoisotopic (exact) mass is 257 g/mol. The van der Waals surface area contributed by atoms with Gasteiger partial charge < -0.3 is 9.84 Å². The van der Waals surface area contributed by atoms with E-state index in [-0.39, 0.29) is 17.8 Å². The van der Waals surface area contributed by atoms with Crippen LogP contribution >= 0.6 is 12.4 Å². The highest BCUT2D eigenvalue weighted by Crippen LogP contribution is 2.46. The molecule has 5 heteroatoms. The van der Waals surface area contributed by atoms with Crippen LogP contribution in [-0.4, -0.2) is 23.2 Å². The van der Waals surface area contributed by atoms with E-state index < -0.39 is 0 Å². The summed E-state index contributed by atoms with van der Waals surface area (Å²) in [5, 5.41) is 7.57. The highest BCUT2D eigenvalue weighted by molar-refractivity contribution is 5.85. The zero-order valence-corrected chi connectivity index (χ0v) is 11.2. The summed E-state index contributed by atoms with van der Waals surface area (Å²) >= 11 is 0. The zero-order valence-electron chi connectivity index (χ0n) is 10.4. The van der Waals surface area contributed by atoms with Gasteiger partial charge in [-0.05, 0) is 38.3 Å². The summed E-state index contributed by atoms with van der Waals surface area (Å²) in [5.41, 5.74) is 0.116. The van der Waals surface area contributed by atoms with Crippen LogP contribution in [0.5, 0.6) is 0 Å². The highest BCUT2D eigenvalue weighted by atomic mass is 35.5. The molecule has 3 rings (SSSR count). The van der Waals surface area contributed by atoms with Crippen LogP contribution in [0, 0.1) is 5.92 Å². The first kappa shape index (κ1) is 12.8. The summed E-state index contributed by atoms with van der Waals surface area (Å²) in [5.74, 6) is 3.05. The normalized spacial score (nSPS) is 30.7. The zero-order chi connectivity index (χ0) is 11.2. The summed E-state index contributed by atoms with van der Waals surface area (Å²) in [6.07, 6.45) is 3.41. The lowest BCUT2D eigenvalue weighted by atomic mass is 9.80. The van der Waals surface area contributed by atoms with Gasteiger partial charge in [0.2, 0.25) is 5.89 Å². The summed E-state index contributed by atoms with van der Waals surface area (Å²) in [4.78, 5) is 4.61. The van der Waals surface area contributed by atoms with Crippen molar-refractivity contribution in [3.8, 4) is 0 Å². The molecule has 0 amide bonds. The fraction of sp³-hybridized carbons (Fsp3) is 0.833. The Morgan fingerprint density at radius 1 is 1.35 bits per heavy atom. The maximum absolute atomic E-state index is 5.40. The lowest BCUT2D eigenvalue weighted by Gasteiger charge is -2.30. The number of piperidine rings is 1. The van der Waals surface area contributed by atoms with Crippen molar-refractivity contribution in [3.63, 3.8) is 0 Å².